The fourth-order valence-electron chi connectivity index (χ4n) is 2.56. The second kappa shape index (κ2) is 5.67. The van der Waals surface area contributed by atoms with Crippen LogP contribution in [0.4, 0.5) is 0 Å². The Morgan fingerprint density at radius 1 is 1.38 bits per heavy atom. The van der Waals surface area contributed by atoms with Crippen molar-refractivity contribution >= 4 is 5.91 Å². The summed E-state index contributed by atoms with van der Waals surface area (Å²) < 4.78 is 0. The third-order valence-electron chi connectivity index (χ3n) is 3.84. The predicted molar refractivity (Wildman–Crippen MR) is 67.4 cm³/mol. The van der Waals surface area contributed by atoms with E-state index in [1.807, 2.05) is 11.9 Å². The SMILES string of the molecule is CCCC1(C(=O)N(C)C(C)C)CCNCC1. The number of nitrogens with one attached hydrogen (secondary N) is 1. The normalized spacial score (nSPS) is 19.8. The first-order valence-corrected chi connectivity index (χ1v) is 6.51. The Morgan fingerprint density at radius 3 is 2.38 bits per heavy atom. The molecule has 0 unspecified atom stereocenters. The summed E-state index contributed by atoms with van der Waals surface area (Å²) in [5.41, 5.74) is -0.0843. The van der Waals surface area contributed by atoms with Crippen LogP contribution in [0.5, 0.6) is 0 Å². The van der Waals surface area contributed by atoms with E-state index >= 15 is 0 Å². The van der Waals surface area contributed by atoms with Crippen molar-refractivity contribution < 1.29 is 4.79 Å². The molecule has 1 amide bonds. The maximum absolute atomic E-state index is 12.5. The highest BCUT2D eigenvalue weighted by Gasteiger charge is 2.40. The van der Waals surface area contributed by atoms with Crippen molar-refractivity contribution in [2.75, 3.05) is 20.1 Å². The number of carbonyl (C=O) groups excluding carboxylic acids is 1. The highest BCUT2D eigenvalue weighted by molar-refractivity contribution is 5.83. The van der Waals surface area contributed by atoms with Gasteiger partial charge in [0, 0.05) is 13.1 Å². The van der Waals surface area contributed by atoms with Gasteiger partial charge in [0.25, 0.3) is 0 Å². The molecule has 0 atom stereocenters. The van der Waals surface area contributed by atoms with Gasteiger partial charge < -0.3 is 10.2 Å². The van der Waals surface area contributed by atoms with E-state index in [1.165, 1.54) is 0 Å². The van der Waals surface area contributed by atoms with Crippen molar-refractivity contribution in [2.45, 2.75) is 52.5 Å². The van der Waals surface area contributed by atoms with Crippen LogP contribution in [0.1, 0.15) is 46.5 Å². The molecule has 0 bridgehead atoms. The van der Waals surface area contributed by atoms with Crippen molar-refractivity contribution in [3.8, 4) is 0 Å². The number of piperidine rings is 1. The largest absolute Gasteiger partial charge is 0.343 e. The van der Waals surface area contributed by atoms with Gasteiger partial charge in [-0.3, -0.25) is 4.79 Å². The lowest BCUT2D eigenvalue weighted by Gasteiger charge is -2.40. The van der Waals surface area contributed by atoms with Gasteiger partial charge in [-0.05, 0) is 46.2 Å². The van der Waals surface area contributed by atoms with Gasteiger partial charge in [0.1, 0.15) is 0 Å². The van der Waals surface area contributed by atoms with Crippen LogP contribution in [-0.2, 0) is 4.79 Å². The molecule has 3 nitrogen and oxygen atoms in total. The molecule has 1 N–H and O–H groups in total. The highest BCUT2D eigenvalue weighted by Crippen LogP contribution is 2.36. The first kappa shape index (κ1) is 13.5. The van der Waals surface area contributed by atoms with Gasteiger partial charge in [-0.2, -0.15) is 0 Å². The maximum atomic E-state index is 12.5. The minimum Gasteiger partial charge on any atom is -0.343 e. The Bertz CT molecular complexity index is 227. The maximum Gasteiger partial charge on any atom is 0.228 e. The molecule has 1 aliphatic heterocycles. The lowest BCUT2D eigenvalue weighted by molar-refractivity contribution is -0.144. The third-order valence-corrected chi connectivity index (χ3v) is 3.84. The van der Waals surface area contributed by atoms with Crippen LogP contribution in [0, 0.1) is 5.41 Å². The second-order valence-electron chi connectivity index (χ2n) is 5.29. The number of hydrogen-bond donors (Lipinski definition) is 1. The minimum absolute atomic E-state index is 0.0843. The number of rotatable bonds is 4. The van der Waals surface area contributed by atoms with Gasteiger partial charge >= 0.3 is 0 Å². The summed E-state index contributed by atoms with van der Waals surface area (Å²) in [6.07, 6.45) is 4.12. The number of hydrogen-bond acceptors (Lipinski definition) is 2. The molecule has 1 aliphatic rings. The van der Waals surface area contributed by atoms with Crippen molar-refractivity contribution in [1.29, 1.82) is 0 Å². The second-order valence-corrected chi connectivity index (χ2v) is 5.29. The lowest BCUT2D eigenvalue weighted by Crippen LogP contribution is -2.49. The smallest absolute Gasteiger partial charge is 0.228 e. The Morgan fingerprint density at radius 2 is 1.94 bits per heavy atom. The van der Waals surface area contributed by atoms with Crippen molar-refractivity contribution in [2.24, 2.45) is 5.41 Å². The van der Waals surface area contributed by atoms with Gasteiger partial charge in [0.2, 0.25) is 5.91 Å². The summed E-state index contributed by atoms with van der Waals surface area (Å²) in [6, 6.07) is 0.302. The molecule has 0 aromatic rings. The van der Waals surface area contributed by atoms with Gasteiger partial charge in [-0.25, -0.2) is 0 Å². The van der Waals surface area contributed by atoms with Crippen LogP contribution in [0.15, 0.2) is 0 Å². The summed E-state index contributed by atoms with van der Waals surface area (Å²) >= 11 is 0. The first-order chi connectivity index (χ1) is 7.53. The van der Waals surface area contributed by atoms with E-state index < -0.39 is 0 Å². The van der Waals surface area contributed by atoms with Crippen LogP contribution >= 0.6 is 0 Å². The predicted octanol–water partition coefficient (Wildman–Crippen LogP) is 2.02. The van der Waals surface area contributed by atoms with E-state index in [2.05, 4.69) is 26.1 Å². The molecule has 0 radical (unpaired) electrons. The Labute approximate surface area is 99.6 Å². The Kier molecular flexibility index (Phi) is 4.78. The molecule has 16 heavy (non-hydrogen) atoms. The number of nitrogens with zero attached hydrogens (tertiary/aromatic N) is 1. The lowest BCUT2D eigenvalue weighted by atomic mass is 9.74. The van der Waals surface area contributed by atoms with E-state index in [-0.39, 0.29) is 5.41 Å². The molecule has 1 heterocycles. The molecule has 1 fully saturated rings. The van der Waals surface area contributed by atoms with E-state index in [4.69, 9.17) is 0 Å². The van der Waals surface area contributed by atoms with Crippen molar-refractivity contribution in [1.82, 2.24) is 10.2 Å². The third kappa shape index (κ3) is 2.76. The molecule has 0 aromatic heterocycles. The molecule has 0 aromatic carbocycles. The molecule has 1 rings (SSSR count). The fraction of sp³-hybridized carbons (Fsp3) is 0.923. The van der Waals surface area contributed by atoms with Crippen LogP contribution in [-0.4, -0.2) is 37.0 Å². The van der Waals surface area contributed by atoms with Crippen molar-refractivity contribution in [3.05, 3.63) is 0 Å². The van der Waals surface area contributed by atoms with E-state index in [1.54, 1.807) is 0 Å². The van der Waals surface area contributed by atoms with Gasteiger partial charge in [-0.15, -0.1) is 0 Å². The van der Waals surface area contributed by atoms with Crippen molar-refractivity contribution in [3.63, 3.8) is 0 Å². The molecule has 3 heteroatoms. The summed E-state index contributed by atoms with van der Waals surface area (Å²) in [4.78, 5) is 14.5. The van der Waals surface area contributed by atoms with E-state index in [0.29, 0.717) is 11.9 Å². The number of carbonyl (C=O) groups is 1. The van der Waals surface area contributed by atoms with E-state index in [0.717, 1.165) is 38.8 Å². The van der Waals surface area contributed by atoms with Crippen LogP contribution in [0.2, 0.25) is 0 Å². The van der Waals surface area contributed by atoms with Gasteiger partial charge in [0.15, 0.2) is 0 Å². The summed E-state index contributed by atoms with van der Waals surface area (Å²) in [5, 5.41) is 3.35. The zero-order valence-electron chi connectivity index (χ0n) is 11.2. The average molecular weight is 226 g/mol. The molecule has 94 valence electrons. The fourth-order valence-corrected chi connectivity index (χ4v) is 2.56. The quantitative estimate of drug-likeness (QED) is 0.795. The van der Waals surface area contributed by atoms with Crippen LogP contribution in [0.25, 0.3) is 0 Å². The molecular formula is C13H26N2O. The van der Waals surface area contributed by atoms with E-state index in [9.17, 15) is 4.79 Å². The summed E-state index contributed by atoms with van der Waals surface area (Å²) in [7, 11) is 1.94. The Balaban J connectivity index is 2.79. The van der Waals surface area contributed by atoms with Crippen LogP contribution < -0.4 is 5.32 Å². The Hall–Kier alpha value is -0.570. The standard InChI is InChI=1S/C13H26N2O/c1-5-6-13(7-9-14-10-8-13)12(16)15(4)11(2)3/h11,14H,5-10H2,1-4H3. The number of amides is 1. The minimum atomic E-state index is -0.0843. The molecule has 0 spiro atoms. The zero-order chi connectivity index (χ0) is 12.2. The van der Waals surface area contributed by atoms with Gasteiger partial charge in [-0.1, -0.05) is 13.3 Å². The highest BCUT2D eigenvalue weighted by atomic mass is 16.2. The van der Waals surface area contributed by atoms with Gasteiger partial charge in [0.05, 0.1) is 5.41 Å². The zero-order valence-corrected chi connectivity index (χ0v) is 11.2. The molecule has 0 aliphatic carbocycles. The summed E-state index contributed by atoms with van der Waals surface area (Å²) in [6.45, 7) is 8.30. The molecule has 0 saturated carbocycles. The molecule has 1 saturated heterocycles. The molecular weight excluding hydrogens is 200 g/mol. The average Bonchev–Trinajstić information content (AvgIpc) is 2.28. The first-order valence-electron chi connectivity index (χ1n) is 6.51. The monoisotopic (exact) mass is 226 g/mol. The summed E-state index contributed by atoms with van der Waals surface area (Å²) in [5.74, 6) is 0.353. The topological polar surface area (TPSA) is 32.3 Å². The van der Waals surface area contributed by atoms with Crippen LogP contribution in [0.3, 0.4) is 0 Å².